The van der Waals surface area contributed by atoms with Crippen molar-refractivity contribution in [2.75, 3.05) is 13.2 Å². The number of nitro groups is 1. The van der Waals surface area contributed by atoms with Crippen molar-refractivity contribution in [2.45, 2.75) is 27.3 Å². The molecule has 0 fully saturated rings. The third-order valence-electron chi connectivity index (χ3n) is 2.63. The molecule has 0 bridgehead atoms. The van der Waals surface area contributed by atoms with E-state index in [9.17, 15) is 14.9 Å². The zero-order valence-electron chi connectivity index (χ0n) is 11.2. The summed E-state index contributed by atoms with van der Waals surface area (Å²) in [6.07, 6.45) is 1.46. The molecule has 1 aromatic rings. The van der Waals surface area contributed by atoms with E-state index in [-0.39, 0.29) is 24.7 Å². The van der Waals surface area contributed by atoms with Crippen LogP contribution in [0.3, 0.4) is 0 Å². The minimum Gasteiger partial charge on any atom is -0.465 e. The van der Waals surface area contributed by atoms with E-state index in [1.54, 1.807) is 20.8 Å². The lowest BCUT2D eigenvalue weighted by Crippen LogP contribution is -2.25. The molecule has 0 aliphatic heterocycles. The largest absolute Gasteiger partial charge is 0.465 e. The van der Waals surface area contributed by atoms with Crippen LogP contribution in [0.25, 0.3) is 0 Å². The summed E-state index contributed by atoms with van der Waals surface area (Å²) >= 11 is 0. The summed E-state index contributed by atoms with van der Waals surface area (Å²) in [6, 6.07) is 0. The smallest absolute Gasteiger partial charge is 0.319 e. The maximum Gasteiger partial charge on any atom is 0.319 e. The molecule has 0 radical (unpaired) electrons. The van der Waals surface area contributed by atoms with Gasteiger partial charge in [0.05, 0.1) is 23.8 Å². The molecule has 0 amide bonds. The highest BCUT2D eigenvalue weighted by Crippen LogP contribution is 2.23. The summed E-state index contributed by atoms with van der Waals surface area (Å²) in [5.41, 5.74) is 1.67. The molecular weight excluding hydrogens is 250 g/mol. The first-order valence-corrected chi connectivity index (χ1v) is 5.93. The maximum atomic E-state index is 11.1. The first-order valence-electron chi connectivity index (χ1n) is 5.93. The first kappa shape index (κ1) is 15.0. The molecule has 7 nitrogen and oxygen atoms in total. The average Bonchev–Trinajstić information content (AvgIpc) is 2.32. The fourth-order valence-corrected chi connectivity index (χ4v) is 1.72. The molecule has 1 aromatic heterocycles. The van der Waals surface area contributed by atoms with Gasteiger partial charge in [-0.3, -0.25) is 19.9 Å². The van der Waals surface area contributed by atoms with Crippen molar-refractivity contribution < 1.29 is 14.5 Å². The number of aromatic nitrogens is 1. The summed E-state index contributed by atoms with van der Waals surface area (Å²) in [6.45, 7) is 5.69. The van der Waals surface area contributed by atoms with Crippen molar-refractivity contribution in [3.05, 3.63) is 33.1 Å². The second kappa shape index (κ2) is 6.79. The Morgan fingerprint density at radius 2 is 2.21 bits per heavy atom. The van der Waals surface area contributed by atoms with Crippen LogP contribution in [0.15, 0.2) is 6.20 Å². The quantitative estimate of drug-likeness (QED) is 0.473. The van der Waals surface area contributed by atoms with Gasteiger partial charge in [0, 0.05) is 23.9 Å². The van der Waals surface area contributed by atoms with Gasteiger partial charge in [0.2, 0.25) is 0 Å². The lowest BCUT2D eigenvalue weighted by Gasteiger charge is -2.08. The molecule has 19 heavy (non-hydrogen) atoms. The molecule has 0 unspecified atom stereocenters. The minimum atomic E-state index is -0.415. The standard InChI is InChI=1S/C12H17N3O4/c1-4-19-11(16)7-13-6-10-9(3)12(15(17)18)8(2)5-14-10/h5,13H,4,6-7H2,1-3H3. The predicted octanol–water partition coefficient (Wildman–Crippen LogP) is 1.26. The topological polar surface area (TPSA) is 94.4 Å². The fourth-order valence-electron chi connectivity index (χ4n) is 1.72. The van der Waals surface area contributed by atoms with Crippen LogP contribution in [0, 0.1) is 24.0 Å². The normalized spacial score (nSPS) is 10.3. The molecule has 1 rings (SSSR count). The molecule has 1 N–H and O–H groups in total. The summed E-state index contributed by atoms with van der Waals surface area (Å²) in [7, 11) is 0. The van der Waals surface area contributed by atoms with E-state index in [1.165, 1.54) is 6.20 Å². The van der Waals surface area contributed by atoms with Crippen LogP contribution in [0.2, 0.25) is 0 Å². The van der Waals surface area contributed by atoms with E-state index in [2.05, 4.69) is 10.3 Å². The number of ether oxygens (including phenoxy) is 1. The molecule has 0 aliphatic rings. The van der Waals surface area contributed by atoms with Crippen LogP contribution in [0.4, 0.5) is 5.69 Å². The number of hydrogen-bond donors (Lipinski definition) is 1. The van der Waals surface area contributed by atoms with Crippen molar-refractivity contribution in [1.82, 2.24) is 10.3 Å². The fraction of sp³-hybridized carbons (Fsp3) is 0.500. The lowest BCUT2D eigenvalue weighted by molar-refractivity contribution is -0.386. The van der Waals surface area contributed by atoms with Gasteiger partial charge < -0.3 is 10.1 Å². The second-order valence-electron chi connectivity index (χ2n) is 4.03. The Morgan fingerprint density at radius 1 is 1.53 bits per heavy atom. The summed E-state index contributed by atoms with van der Waals surface area (Å²) < 4.78 is 4.76. The lowest BCUT2D eigenvalue weighted by atomic mass is 10.1. The zero-order valence-corrected chi connectivity index (χ0v) is 11.2. The van der Waals surface area contributed by atoms with Gasteiger partial charge in [-0.05, 0) is 20.8 Å². The highest BCUT2D eigenvalue weighted by molar-refractivity contribution is 5.71. The zero-order chi connectivity index (χ0) is 14.4. The average molecular weight is 267 g/mol. The molecule has 104 valence electrons. The van der Waals surface area contributed by atoms with Gasteiger partial charge in [-0.1, -0.05) is 0 Å². The van der Waals surface area contributed by atoms with Gasteiger partial charge in [0.1, 0.15) is 0 Å². The second-order valence-corrected chi connectivity index (χ2v) is 4.03. The molecule has 0 aliphatic carbocycles. The van der Waals surface area contributed by atoms with Crippen LogP contribution < -0.4 is 5.32 Å². The van der Waals surface area contributed by atoms with Crippen molar-refractivity contribution in [3.63, 3.8) is 0 Å². The Morgan fingerprint density at radius 3 is 2.79 bits per heavy atom. The Labute approximate surface area is 111 Å². The molecule has 0 aromatic carbocycles. The molecule has 0 saturated carbocycles. The summed E-state index contributed by atoms with van der Waals surface area (Å²) in [5, 5.41) is 13.8. The third-order valence-corrected chi connectivity index (χ3v) is 2.63. The maximum absolute atomic E-state index is 11.1. The summed E-state index contributed by atoms with van der Waals surface area (Å²) in [4.78, 5) is 25.8. The van der Waals surface area contributed by atoms with Crippen molar-refractivity contribution >= 4 is 11.7 Å². The van der Waals surface area contributed by atoms with Gasteiger partial charge in [-0.2, -0.15) is 0 Å². The van der Waals surface area contributed by atoms with E-state index >= 15 is 0 Å². The number of carbonyl (C=O) groups excluding carboxylic acids is 1. The van der Waals surface area contributed by atoms with Gasteiger partial charge in [0.25, 0.3) is 5.69 Å². The number of hydrogen-bond acceptors (Lipinski definition) is 6. The van der Waals surface area contributed by atoms with E-state index in [1.807, 2.05) is 0 Å². The van der Waals surface area contributed by atoms with Gasteiger partial charge in [0.15, 0.2) is 0 Å². The molecule has 0 spiro atoms. The number of nitrogens with zero attached hydrogens (tertiary/aromatic N) is 2. The van der Waals surface area contributed by atoms with E-state index in [0.717, 1.165) is 0 Å². The minimum absolute atomic E-state index is 0.0522. The summed E-state index contributed by atoms with van der Waals surface area (Å²) in [5.74, 6) is -0.359. The van der Waals surface area contributed by atoms with Gasteiger partial charge in [-0.15, -0.1) is 0 Å². The van der Waals surface area contributed by atoms with Crippen molar-refractivity contribution in [3.8, 4) is 0 Å². The van der Waals surface area contributed by atoms with Gasteiger partial charge >= 0.3 is 5.97 Å². The van der Waals surface area contributed by atoms with Crippen molar-refractivity contribution in [2.24, 2.45) is 0 Å². The first-order chi connectivity index (χ1) is 8.97. The van der Waals surface area contributed by atoms with Crippen LogP contribution in [0.1, 0.15) is 23.7 Å². The molecule has 0 saturated heterocycles. The highest BCUT2D eigenvalue weighted by Gasteiger charge is 2.18. The highest BCUT2D eigenvalue weighted by atomic mass is 16.6. The molecular formula is C12H17N3O4. The van der Waals surface area contributed by atoms with Crippen molar-refractivity contribution in [1.29, 1.82) is 0 Å². The van der Waals surface area contributed by atoms with Gasteiger partial charge in [-0.25, -0.2) is 0 Å². The Bertz CT molecular complexity index is 488. The number of pyridine rings is 1. The Hall–Kier alpha value is -2.02. The number of carbonyl (C=O) groups is 1. The SMILES string of the molecule is CCOC(=O)CNCc1ncc(C)c([N+](=O)[O-])c1C. The van der Waals surface area contributed by atoms with Crippen LogP contribution in [-0.2, 0) is 16.1 Å². The number of nitrogens with one attached hydrogen (secondary N) is 1. The molecule has 7 heteroatoms. The van der Waals surface area contributed by atoms with E-state index in [0.29, 0.717) is 23.4 Å². The third kappa shape index (κ3) is 3.99. The molecule has 0 atom stereocenters. The number of rotatable bonds is 6. The van der Waals surface area contributed by atoms with E-state index in [4.69, 9.17) is 4.74 Å². The predicted molar refractivity (Wildman–Crippen MR) is 68.7 cm³/mol. The van der Waals surface area contributed by atoms with Crippen LogP contribution in [0.5, 0.6) is 0 Å². The monoisotopic (exact) mass is 267 g/mol. The number of aryl methyl sites for hydroxylation is 1. The molecule has 1 heterocycles. The Kier molecular flexibility index (Phi) is 5.37. The van der Waals surface area contributed by atoms with Crippen LogP contribution in [-0.4, -0.2) is 29.0 Å². The number of esters is 1. The van der Waals surface area contributed by atoms with Crippen LogP contribution >= 0.6 is 0 Å². The Balaban J connectivity index is 2.72. The van der Waals surface area contributed by atoms with E-state index < -0.39 is 4.92 Å².